The van der Waals surface area contributed by atoms with Crippen LogP contribution < -0.4 is 5.32 Å². The molecular formula is C17H19ClN2. The molecule has 0 radical (unpaired) electrons. The molecule has 0 spiro atoms. The standard InChI is InChI=1S/C17H19ClN2/c1-11-8-16(10-19-17(11)18)20-12(2)14-7-6-13-4-3-5-15(13)9-14/h6-10,12,20H,3-5H2,1-2H3. The fourth-order valence-electron chi connectivity index (χ4n) is 2.83. The Morgan fingerprint density at radius 1 is 1.20 bits per heavy atom. The van der Waals surface area contributed by atoms with E-state index in [9.17, 15) is 0 Å². The molecule has 20 heavy (non-hydrogen) atoms. The Kier molecular flexibility index (Phi) is 3.66. The van der Waals surface area contributed by atoms with Crippen LogP contribution in [0.4, 0.5) is 5.69 Å². The van der Waals surface area contributed by atoms with E-state index in [2.05, 4.69) is 35.4 Å². The predicted octanol–water partition coefficient (Wildman–Crippen LogP) is 4.71. The van der Waals surface area contributed by atoms with Gasteiger partial charge in [0.25, 0.3) is 0 Å². The van der Waals surface area contributed by atoms with Gasteiger partial charge in [0, 0.05) is 6.04 Å². The van der Waals surface area contributed by atoms with E-state index >= 15 is 0 Å². The van der Waals surface area contributed by atoms with Gasteiger partial charge in [-0.2, -0.15) is 0 Å². The summed E-state index contributed by atoms with van der Waals surface area (Å²) in [4.78, 5) is 4.19. The van der Waals surface area contributed by atoms with Gasteiger partial charge in [0.05, 0.1) is 11.9 Å². The number of anilines is 1. The van der Waals surface area contributed by atoms with Crippen molar-refractivity contribution in [3.05, 3.63) is 57.9 Å². The first kappa shape index (κ1) is 13.4. The number of halogens is 1. The first-order valence-electron chi connectivity index (χ1n) is 7.14. The number of aromatic nitrogens is 1. The van der Waals surface area contributed by atoms with Gasteiger partial charge in [-0.25, -0.2) is 4.98 Å². The van der Waals surface area contributed by atoms with Crippen molar-refractivity contribution in [1.82, 2.24) is 4.98 Å². The summed E-state index contributed by atoms with van der Waals surface area (Å²) in [6.07, 6.45) is 5.54. The molecule has 2 nitrogen and oxygen atoms in total. The highest BCUT2D eigenvalue weighted by atomic mass is 35.5. The first-order chi connectivity index (χ1) is 9.63. The Balaban J connectivity index is 1.78. The Labute approximate surface area is 125 Å². The van der Waals surface area contributed by atoms with Crippen LogP contribution in [0.5, 0.6) is 0 Å². The summed E-state index contributed by atoms with van der Waals surface area (Å²) in [7, 11) is 0. The Bertz CT molecular complexity index is 637. The largest absolute Gasteiger partial charge is 0.377 e. The molecule has 1 unspecified atom stereocenters. The summed E-state index contributed by atoms with van der Waals surface area (Å²) in [5, 5.41) is 4.07. The van der Waals surface area contributed by atoms with E-state index in [-0.39, 0.29) is 6.04 Å². The normalized spacial score (nSPS) is 14.9. The molecule has 1 heterocycles. The van der Waals surface area contributed by atoms with Crippen LogP contribution in [0.2, 0.25) is 5.15 Å². The highest BCUT2D eigenvalue weighted by Crippen LogP contribution is 2.27. The summed E-state index contributed by atoms with van der Waals surface area (Å²) in [5.74, 6) is 0. The molecule has 0 aliphatic heterocycles. The Morgan fingerprint density at radius 2 is 2.00 bits per heavy atom. The predicted molar refractivity (Wildman–Crippen MR) is 84.5 cm³/mol. The fourth-order valence-corrected chi connectivity index (χ4v) is 2.93. The second-order valence-corrected chi connectivity index (χ2v) is 5.94. The number of benzene rings is 1. The summed E-state index contributed by atoms with van der Waals surface area (Å²) >= 11 is 5.96. The van der Waals surface area contributed by atoms with Gasteiger partial charge < -0.3 is 5.32 Å². The van der Waals surface area contributed by atoms with Crippen molar-refractivity contribution < 1.29 is 0 Å². The highest BCUT2D eigenvalue weighted by molar-refractivity contribution is 6.30. The quantitative estimate of drug-likeness (QED) is 0.827. The molecule has 0 amide bonds. The lowest BCUT2D eigenvalue weighted by Gasteiger charge is -2.17. The van der Waals surface area contributed by atoms with Gasteiger partial charge in [0.1, 0.15) is 5.15 Å². The van der Waals surface area contributed by atoms with Gasteiger partial charge in [-0.3, -0.25) is 0 Å². The molecule has 0 bridgehead atoms. The van der Waals surface area contributed by atoms with Crippen LogP contribution >= 0.6 is 11.6 Å². The lowest BCUT2D eigenvalue weighted by Crippen LogP contribution is -2.07. The number of fused-ring (bicyclic) bond motifs is 1. The molecule has 0 fully saturated rings. The van der Waals surface area contributed by atoms with Gasteiger partial charge in [-0.15, -0.1) is 0 Å². The lowest BCUT2D eigenvalue weighted by atomic mass is 10.0. The van der Waals surface area contributed by atoms with E-state index in [1.165, 1.54) is 36.0 Å². The third-order valence-electron chi connectivity index (χ3n) is 4.02. The smallest absolute Gasteiger partial charge is 0.132 e. The molecule has 1 atom stereocenters. The van der Waals surface area contributed by atoms with E-state index in [4.69, 9.17) is 11.6 Å². The van der Waals surface area contributed by atoms with Crippen LogP contribution in [0, 0.1) is 6.92 Å². The second-order valence-electron chi connectivity index (χ2n) is 5.58. The minimum absolute atomic E-state index is 0.267. The lowest BCUT2D eigenvalue weighted by molar-refractivity contribution is 0.877. The molecule has 0 saturated heterocycles. The van der Waals surface area contributed by atoms with E-state index in [1.54, 1.807) is 6.20 Å². The maximum absolute atomic E-state index is 5.96. The Morgan fingerprint density at radius 3 is 2.80 bits per heavy atom. The molecule has 3 heteroatoms. The van der Waals surface area contributed by atoms with Crippen LogP contribution in [-0.2, 0) is 12.8 Å². The van der Waals surface area contributed by atoms with Gasteiger partial charge in [-0.1, -0.05) is 29.8 Å². The maximum atomic E-state index is 5.96. The van der Waals surface area contributed by atoms with Crippen LogP contribution in [0.1, 0.15) is 41.6 Å². The van der Waals surface area contributed by atoms with Crippen molar-refractivity contribution in [1.29, 1.82) is 0 Å². The number of hydrogen-bond acceptors (Lipinski definition) is 2. The molecule has 1 N–H and O–H groups in total. The van der Waals surface area contributed by atoms with E-state index < -0.39 is 0 Å². The van der Waals surface area contributed by atoms with E-state index in [0.29, 0.717) is 5.15 Å². The third-order valence-corrected chi connectivity index (χ3v) is 4.42. The van der Waals surface area contributed by atoms with Crippen molar-refractivity contribution >= 4 is 17.3 Å². The number of pyridine rings is 1. The van der Waals surface area contributed by atoms with Crippen molar-refractivity contribution in [3.8, 4) is 0 Å². The van der Waals surface area contributed by atoms with E-state index in [0.717, 1.165) is 11.3 Å². The summed E-state index contributed by atoms with van der Waals surface area (Å²) in [6, 6.07) is 9.16. The molecule has 1 aliphatic rings. The van der Waals surface area contributed by atoms with Gasteiger partial charge in [0.15, 0.2) is 0 Å². The van der Waals surface area contributed by atoms with Gasteiger partial charge in [-0.05, 0) is 61.4 Å². The topological polar surface area (TPSA) is 24.9 Å². The maximum Gasteiger partial charge on any atom is 0.132 e. The average Bonchev–Trinajstić information content (AvgIpc) is 2.90. The zero-order valence-corrected chi connectivity index (χ0v) is 12.7. The van der Waals surface area contributed by atoms with Crippen molar-refractivity contribution in [2.24, 2.45) is 0 Å². The summed E-state index contributed by atoms with van der Waals surface area (Å²) in [5.41, 5.74) is 6.38. The SMILES string of the molecule is Cc1cc(NC(C)c2ccc3c(c2)CCC3)cnc1Cl. The minimum atomic E-state index is 0.267. The molecule has 1 aromatic heterocycles. The Hall–Kier alpha value is -1.54. The molecule has 1 aromatic carbocycles. The average molecular weight is 287 g/mol. The van der Waals surface area contributed by atoms with Crippen LogP contribution in [0.3, 0.4) is 0 Å². The third kappa shape index (κ3) is 2.66. The molecular weight excluding hydrogens is 268 g/mol. The molecule has 3 rings (SSSR count). The molecule has 0 saturated carbocycles. The van der Waals surface area contributed by atoms with Crippen molar-refractivity contribution in [2.75, 3.05) is 5.32 Å². The van der Waals surface area contributed by atoms with Crippen molar-refractivity contribution in [3.63, 3.8) is 0 Å². The molecule has 2 aromatic rings. The summed E-state index contributed by atoms with van der Waals surface area (Å²) in [6.45, 7) is 4.15. The minimum Gasteiger partial charge on any atom is -0.377 e. The molecule has 1 aliphatic carbocycles. The van der Waals surface area contributed by atoms with Crippen LogP contribution in [-0.4, -0.2) is 4.98 Å². The van der Waals surface area contributed by atoms with Crippen LogP contribution in [0.15, 0.2) is 30.5 Å². The number of aryl methyl sites for hydroxylation is 3. The molecule has 104 valence electrons. The second kappa shape index (κ2) is 5.45. The zero-order chi connectivity index (χ0) is 14.1. The fraction of sp³-hybridized carbons (Fsp3) is 0.353. The zero-order valence-electron chi connectivity index (χ0n) is 11.9. The van der Waals surface area contributed by atoms with Crippen molar-refractivity contribution in [2.45, 2.75) is 39.2 Å². The van der Waals surface area contributed by atoms with Gasteiger partial charge in [0.2, 0.25) is 0 Å². The number of hydrogen-bond donors (Lipinski definition) is 1. The monoisotopic (exact) mass is 286 g/mol. The summed E-state index contributed by atoms with van der Waals surface area (Å²) < 4.78 is 0. The highest BCUT2D eigenvalue weighted by Gasteiger charge is 2.13. The number of nitrogens with one attached hydrogen (secondary N) is 1. The number of nitrogens with zero attached hydrogens (tertiary/aromatic N) is 1. The first-order valence-corrected chi connectivity index (χ1v) is 7.51. The van der Waals surface area contributed by atoms with E-state index in [1.807, 2.05) is 13.0 Å². The van der Waals surface area contributed by atoms with Gasteiger partial charge >= 0.3 is 0 Å². The number of rotatable bonds is 3. The van der Waals surface area contributed by atoms with Crippen LogP contribution in [0.25, 0.3) is 0 Å².